The van der Waals surface area contributed by atoms with Crippen molar-refractivity contribution in [1.82, 2.24) is 10.2 Å². The lowest BCUT2D eigenvalue weighted by Crippen LogP contribution is -2.39. The first-order valence-electron chi connectivity index (χ1n) is 5.61. The molecule has 4 heteroatoms. The maximum Gasteiger partial charge on any atom is 0.249 e. The van der Waals surface area contributed by atoms with Crippen molar-refractivity contribution < 1.29 is 9.59 Å². The zero-order valence-corrected chi connectivity index (χ0v) is 10.4. The molecular formula is C13H18N2O2. The molecule has 1 N–H and O–H groups in total. The third kappa shape index (κ3) is 3.59. The number of likely N-dealkylation sites (N-methyl/N-ethyl adjacent to an activating group) is 1. The average Bonchev–Trinajstić information content (AvgIpc) is 2.35. The van der Waals surface area contributed by atoms with Crippen LogP contribution in [0.2, 0.25) is 0 Å². The van der Waals surface area contributed by atoms with Crippen LogP contribution < -0.4 is 5.32 Å². The molecule has 0 aromatic heterocycles. The van der Waals surface area contributed by atoms with Crippen LogP contribution in [0.15, 0.2) is 30.3 Å². The van der Waals surface area contributed by atoms with E-state index in [1.807, 2.05) is 30.3 Å². The van der Waals surface area contributed by atoms with Gasteiger partial charge in [-0.2, -0.15) is 0 Å². The second kappa shape index (κ2) is 6.03. The number of hydrogen-bond acceptors (Lipinski definition) is 2. The standard InChI is InChI=1S/C13H18N2O2/c1-4-11(16)14-12(13(17)15(2)3)10-8-6-5-7-9-10/h5-9,12H,4H2,1-3H3,(H,14,16). The average molecular weight is 234 g/mol. The van der Waals surface area contributed by atoms with Gasteiger partial charge in [0.15, 0.2) is 0 Å². The fourth-order valence-corrected chi connectivity index (χ4v) is 1.45. The third-order valence-electron chi connectivity index (χ3n) is 2.45. The van der Waals surface area contributed by atoms with Gasteiger partial charge in [0.05, 0.1) is 0 Å². The first kappa shape index (κ1) is 13.2. The summed E-state index contributed by atoms with van der Waals surface area (Å²) in [5.41, 5.74) is 0.799. The van der Waals surface area contributed by atoms with Gasteiger partial charge < -0.3 is 10.2 Å². The molecule has 1 rings (SSSR count). The summed E-state index contributed by atoms with van der Waals surface area (Å²) < 4.78 is 0. The molecule has 0 radical (unpaired) electrons. The Morgan fingerprint density at radius 2 is 1.82 bits per heavy atom. The monoisotopic (exact) mass is 234 g/mol. The van der Waals surface area contributed by atoms with E-state index in [0.717, 1.165) is 5.56 Å². The maximum absolute atomic E-state index is 12.0. The summed E-state index contributed by atoms with van der Waals surface area (Å²) in [4.78, 5) is 24.9. The molecule has 0 saturated carbocycles. The van der Waals surface area contributed by atoms with E-state index in [-0.39, 0.29) is 11.8 Å². The van der Waals surface area contributed by atoms with Crippen LogP contribution in [-0.4, -0.2) is 30.8 Å². The number of hydrogen-bond donors (Lipinski definition) is 1. The lowest BCUT2D eigenvalue weighted by molar-refractivity contribution is -0.134. The van der Waals surface area contributed by atoms with Crippen LogP contribution >= 0.6 is 0 Å². The van der Waals surface area contributed by atoms with E-state index in [4.69, 9.17) is 0 Å². The number of carbonyl (C=O) groups is 2. The van der Waals surface area contributed by atoms with E-state index < -0.39 is 6.04 Å². The normalized spacial score (nSPS) is 11.7. The summed E-state index contributed by atoms with van der Waals surface area (Å²) >= 11 is 0. The molecule has 2 amide bonds. The van der Waals surface area contributed by atoms with E-state index in [9.17, 15) is 9.59 Å². The Balaban J connectivity index is 2.94. The van der Waals surface area contributed by atoms with Crippen molar-refractivity contribution in [3.8, 4) is 0 Å². The topological polar surface area (TPSA) is 49.4 Å². The summed E-state index contributed by atoms with van der Waals surface area (Å²) in [5.74, 6) is -0.257. The molecule has 17 heavy (non-hydrogen) atoms. The summed E-state index contributed by atoms with van der Waals surface area (Å²) in [5, 5.41) is 2.73. The molecule has 1 aromatic carbocycles. The van der Waals surface area contributed by atoms with Gasteiger partial charge in [-0.05, 0) is 5.56 Å². The van der Waals surface area contributed by atoms with Crippen molar-refractivity contribution in [2.45, 2.75) is 19.4 Å². The molecule has 4 nitrogen and oxygen atoms in total. The largest absolute Gasteiger partial charge is 0.347 e. The number of benzene rings is 1. The highest BCUT2D eigenvalue weighted by Gasteiger charge is 2.23. The van der Waals surface area contributed by atoms with Gasteiger partial charge in [0, 0.05) is 20.5 Å². The zero-order valence-electron chi connectivity index (χ0n) is 10.4. The first-order valence-corrected chi connectivity index (χ1v) is 5.61. The molecule has 1 aromatic rings. The fourth-order valence-electron chi connectivity index (χ4n) is 1.45. The Morgan fingerprint density at radius 1 is 1.24 bits per heavy atom. The number of nitrogens with zero attached hydrogens (tertiary/aromatic N) is 1. The number of amides is 2. The molecular weight excluding hydrogens is 216 g/mol. The quantitative estimate of drug-likeness (QED) is 0.854. The SMILES string of the molecule is CCC(=O)NC(C(=O)N(C)C)c1ccccc1. The van der Waals surface area contributed by atoms with Gasteiger partial charge in [-0.25, -0.2) is 0 Å². The first-order chi connectivity index (χ1) is 8.06. The van der Waals surface area contributed by atoms with E-state index >= 15 is 0 Å². The third-order valence-corrected chi connectivity index (χ3v) is 2.45. The Labute approximate surface area is 102 Å². The van der Waals surface area contributed by atoms with Crippen LogP contribution in [0.25, 0.3) is 0 Å². The number of carbonyl (C=O) groups excluding carboxylic acids is 2. The van der Waals surface area contributed by atoms with E-state index in [0.29, 0.717) is 6.42 Å². The summed E-state index contributed by atoms with van der Waals surface area (Å²) in [6, 6.07) is 8.65. The van der Waals surface area contributed by atoms with Crippen LogP contribution in [0.4, 0.5) is 0 Å². The van der Waals surface area contributed by atoms with Crippen LogP contribution in [0.1, 0.15) is 24.9 Å². The second-order valence-electron chi connectivity index (χ2n) is 4.00. The molecule has 92 valence electrons. The van der Waals surface area contributed by atoms with Crippen molar-refractivity contribution in [2.24, 2.45) is 0 Å². The molecule has 0 aliphatic rings. The van der Waals surface area contributed by atoms with Crippen molar-refractivity contribution in [1.29, 1.82) is 0 Å². The highest BCUT2D eigenvalue weighted by atomic mass is 16.2. The smallest absolute Gasteiger partial charge is 0.249 e. The molecule has 1 atom stereocenters. The second-order valence-corrected chi connectivity index (χ2v) is 4.00. The predicted molar refractivity (Wildman–Crippen MR) is 66.3 cm³/mol. The van der Waals surface area contributed by atoms with Crippen molar-refractivity contribution in [3.63, 3.8) is 0 Å². The molecule has 0 aliphatic heterocycles. The highest BCUT2D eigenvalue weighted by molar-refractivity contribution is 5.88. The fraction of sp³-hybridized carbons (Fsp3) is 0.385. The van der Waals surface area contributed by atoms with Gasteiger partial charge in [-0.1, -0.05) is 37.3 Å². The number of rotatable bonds is 4. The van der Waals surface area contributed by atoms with Gasteiger partial charge in [-0.15, -0.1) is 0 Å². The molecule has 0 saturated heterocycles. The summed E-state index contributed by atoms with van der Waals surface area (Å²) in [7, 11) is 3.35. The van der Waals surface area contributed by atoms with Crippen LogP contribution in [0.5, 0.6) is 0 Å². The Hall–Kier alpha value is -1.84. The Bertz CT molecular complexity index is 388. The minimum atomic E-state index is -0.598. The van der Waals surface area contributed by atoms with Gasteiger partial charge in [0.1, 0.15) is 6.04 Å². The number of nitrogens with one attached hydrogen (secondary N) is 1. The zero-order chi connectivity index (χ0) is 12.8. The molecule has 0 heterocycles. The van der Waals surface area contributed by atoms with Gasteiger partial charge in [0.2, 0.25) is 11.8 Å². The molecule has 0 fully saturated rings. The van der Waals surface area contributed by atoms with Crippen LogP contribution in [-0.2, 0) is 9.59 Å². The van der Waals surface area contributed by atoms with Crippen LogP contribution in [0.3, 0.4) is 0 Å². The van der Waals surface area contributed by atoms with E-state index in [1.54, 1.807) is 21.0 Å². The molecule has 0 aliphatic carbocycles. The molecule has 1 unspecified atom stereocenters. The summed E-state index contributed by atoms with van der Waals surface area (Å²) in [6.07, 6.45) is 0.365. The van der Waals surface area contributed by atoms with Gasteiger partial charge in [-0.3, -0.25) is 9.59 Å². The minimum Gasteiger partial charge on any atom is -0.347 e. The minimum absolute atomic E-state index is 0.127. The maximum atomic E-state index is 12.0. The molecule has 0 spiro atoms. The van der Waals surface area contributed by atoms with Crippen molar-refractivity contribution in [2.75, 3.05) is 14.1 Å². The van der Waals surface area contributed by atoms with Gasteiger partial charge >= 0.3 is 0 Å². The molecule has 0 bridgehead atoms. The predicted octanol–water partition coefficient (Wildman–Crippen LogP) is 1.34. The Kier molecular flexibility index (Phi) is 4.69. The highest BCUT2D eigenvalue weighted by Crippen LogP contribution is 2.14. The lowest BCUT2D eigenvalue weighted by Gasteiger charge is -2.21. The van der Waals surface area contributed by atoms with Crippen LogP contribution in [0, 0.1) is 0 Å². The van der Waals surface area contributed by atoms with Crippen molar-refractivity contribution in [3.05, 3.63) is 35.9 Å². The Morgan fingerprint density at radius 3 is 2.29 bits per heavy atom. The van der Waals surface area contributed by atoms with E-state index in [2.05, 4.69) is 5.32 Å². The van der Waals surface area contributed by atoms with Gasteiger partial charge in [0.25, 0.3) is 0 Å². The lowest BCUT2D eigenvalue weighted by atomic mass is 10.1. The summed E-state index contributed by atoms with van der Waals surface area (Å²) in [6.45, 7) is 1.76. The van der Waals surface area contributed by atoms with Crippen molar-refractivity contribution >= 4 is 11.8 Å². The van der Waals surface area contributed by atoms with E-state index in [1.165, 1.54) is 4.90 Å².